The first kappa shape index (κ1) is 56.0. The normalized spacial score (nSPS) is 24.8. The van der Waals surface area contributed by atoms with Crippen molar-refractivity contribution in [3.05, 3.63) is 0 Å². The minimum atomic E-state index is -1.29. The highest BCUT2D eigenvalue weighted by Gasteiger charge is 2.40. The van der Waals surface area contributed by atoms with Gasteiger partial charge in [0.15, 0.2) is 5.96 Å². The summed E-state index contributed by atoms with van der Waals surface area (Å²) < 4.78 is 0. The number of hydrogen-bond acceptors (Lipinski definition) is 14. The highest BCUT2D eigenvalue weighted by molar-refractivity contribution is 8.76. The average Bonchev–Trinajstić information content (AvgIpc) is 3.73. The van der Waals surface area contributed by atoms with Gasteiger partial charge in [-0.3, -0.25) is 48.1 Å². The van der Waals surface area contributed by atoms with Crippen LogP contribution in [0.2, 0.25) is 0 Å². The third-order valence-electron chi connectivity index (χ3n) is 9.93. The molecule has 24 nitrogen and oxygen atoms in total. The van der Waals surface area contributed by atoms with Gasteiger partial charge in [-0.1, -0.05) is 35.4 Å². The molecule has 2 aliphatic rings. The Morgan fingerprint density at radius 1 is 0.800 bits per heavy atom. The Labute approximate surface area is 390 Å². The van der Waals surface area contributed by atoms with E-state index in [-0.39, 0.29) is 88.0 Å². The lowest BCUT2D eigenvalue weighted by Crippen LogP contribution is -2.60. The summed E-state index contributed by atoms with van der Waals surface area (Å²) >= 11 is 1.43. The van der Waals surface area contributed by atoms with Gasteiger partial charge >= 0.3 is 6.03 Å². The SMILES string of the molecule is CSCC[C@@H]1NC(=O)[C@H](NC(C)=O)CSSC[C@@H](C(N)=O)NC(=O)CNC(=O)[C@H](CCCNC(N)=O)NC(=O)[C@H](CC(C)C)NC(=O)[C@H](CCCN=C(N)N)NC(=O)[C@@H]2CCCN2C1=O. The average molecular weight is 975 g/mol. The van der Waals surface area contributed by atoms with E-state index in [0.717, 1.165) is 21.6 Å². The first-order chi connectivity index (χ1) is 30.7. The topological polar surface area (TPSA) is 387 Å². The summed E-state index contributed by atoms with van der Waals surface area (Å²) in [5.74, 6) is -6.41. The van der Waals surface area contributed by atoms with Crippen LogP contribution in [0.3, 0.4) is 0 Å². The molecule has 2 saturated heterocycles. The number of thioether (sulfide) groups is 1. The van der Waals surface area contributed by atoms with Crippen molar-refractivity contribution >= 4 is 98.5 Å². The number of aliphatic imine (C=N–C) groups is 1. The van der Waals surface area contributed by atoms with Gasteiger partial charge in [-0.15, -0.1) is 0 Å². The van der Waals surface area contributed by atoms with Crippen LogP contribution in [0.5, 0.6) is 0 Å². The van der Waals surface area contributed by atoms with Gasteiger partial charge in [-0.2, -0.15) is 11.8 Å². The fourth-order valence-electron chi connectivity index (χ4n) is 6.73. The molecule has 0 aromatic rings. The second-order valence-corrected chi connectivity index (χ2v) is 19.3. The summed E-state index contributed by atoms with van der Waals surface area (Å²) in [7, 11) is 2.15. The monoisotopic (exact) mass is 974 g/mol. The van der Waals surface area contributed by atoms with E-state index in [4.69, 9.17) is 22.9 Å². The molecule has 2 aliphatic heterocycles. The van der Waals surface area contributed by atoms with Crippen LogP contribution in [0.25, 0.3) is 0 Å². The number of nitrogens with zero attached hydrogens (tertiary/aromatic N) is 2. The number of fused-ring (bicyclic) bond motifs is 1. The molecule has 16 N–H and O–H groups in total. The van der Waals surface area contributed by atoms with Crippen LogP contribution in [0.15, 0.2) is 4.99 Å². The van der Waals surface area contributed by atoms with Gasteiger partial charge in [0.05, 0.1) is 6.54 Å². The van der Waals surface area contributed by atoms with Crippen molar-refractivity contribution in [3.8, 4) is 0 Å². The predicted molar refractivity (Wildman–Crippen MR) is 248 cm³/mol. The van der Waals surface area contributed by atoms with Gasteiger partial charge in [0.1, 0.15) is 42.3 Å². The molecule has 366 valence electrons. The molecule has 0 bridgehead atoms. The van der Waals surface area contributed by atoms with Crippen molar-refractivity contribution in [2.45, 2.75) is 114 Å². The lowest BCUT2D eigenvalue weighted by atomic mass is 10.0. The molecule has 0 radical (unpaired) electrons. The van der Waals surface area contributed by atoms with Crippen LogP contribution in [0, 0.1) is 5.92 Å². The summed E-state index contributed by atoms with van der Waals surface area (Å²) in [5, 5.41) is 20.7. The maximum absolute atomic E-state index is 14.2. The second-order valence-electron chi connectivity index (χ2n) is 15.8. The van der Waals surface area contributed by atoms with Gasteiger partial charge in [0.2, 0.25) is 53.2 Å². The van der Waals surface area contributed by atoms with E-state index < -0.39 is 108 Å². The van der Waals surface area contributed by atoms with Crippen LogP contribution in [0.1, 0.15) is 72.1 Å². The van der Waals surface area contributed by atoms with Gasteiger partial charge in [-0.25, -0.2) is 4.79 Å². The molecule has 2 fully saturated rings. The molecule has 11 amide bonds. The lowest BCUT2D eigenvalue weighted by molar-refractivity contribution is -0.142. The van der Waals surface area contributed by atoms with E-state index in [1.54, 1.807) is 13.8 Å². The smallest absolute Gasteiger partial charge is 0.312 e. The molecule has 27 heteroatoms. The number of carbonyl (C=O) groups is 10. The number of amides is 11. The van der Waals surface area contributed by atoms with Crippen LogP contribution < -0.4 is 65.5 Å². The summed E-state index contributed by atoms with van der Waals surface area (Å²) in [6.07, 6.45) is 3.12. The maximum Gasteiger partial charge on any atom is 0.312 e. The Morgan fingerprint density at radius 3 is 2.05 bits per heavy atom. The lowest BCUT2D eigenvalue weighted by Gasteiger charge is -2.31. The van der Waals surface area contributed by atoms with Crippen LogP contribution >= 0.6 is 33.3 Å². The summed E-state index contributed by atoms with van der Waals surface area (Å²) in [5.41, 5.74) is 21.7. The third-order valence-corrected chi connectivity index (χ3v) is 13.0. The second kappa shape index (κ2) is 29.4. The van der Waals surface area contributed by atoms with E-state index in [2.05, 4.69) is 47.5 Å². The number of hydrogen-bond donors (Lipinski definition) is 12. The number of primary amides is 2. The fraction of sp³-hybridized carbons (Fsp3) is 0.711. The zero-order valence-corrected chi connectivity index (χ0v) is 39.7. The Balaban J connectivity index is 2.61. The number of rotatable bonds is 15. The standard InChI is InChI=1S/C38H66N14O10S3/c1-20(2)16-25-33(58)48-22(8-6-13-44-38(42)62)31(56)45-17-29(54)47-26(30(39)55)18-64-65-19-27(46-21(3)53)34(59)50-24(11-15-63-4)36(61)52-14-7-10-28(52)35(60)49-23(32(57)51-25)9-5-12-43-37(40)41/h20,22-28H,5-19H2,1-4H3,(H2,39,55)(H,45,56)(H,46,53)(H,47,54)(H,48,58)(H,49,60)(H,50,59)(H,51,57)(H4,40,41,43)(H3,42,44,62)/t22-,23-,24-,25-,26-,27+,28-/m0/s1. The molecule has 0 aromatic carbocycles. The van der Waals surface area contributed by atoms with Crippen LogP contribution in [-0.4, -0.2) is 162 Å². The molecule has 0 aromatic heterocycles. The van der Waals surface area contributed by atoms with Crippen molar-refractivity contribution in [3.63, 3.8) is 0 Å². The highest BCUT2D eigenvalue weighted by atomic mass is 33.1. The Morgan fingerprint density at radius 2 is 1.42 bits per heavy atom. The predicted octanol–water partition coefficient (Wildman–Crippen LogP) is -3.80. The Hall–Kier alpha value is -5.18. The first-order valence-electron chi connectivity index (χ1n) is 21.2. The van der Waals surface area contributed by atoms with E-state index in [9.17, 15) is 47.9 Å². The molecule has 0 saturated carbocycles. The quantitative estimate of drug-likeness (QED) is 0.0324. The zero-order valence-electron chi connectivity index (χ0n) is 37.2. The molecule has 2 rings (SSSR count). The molecule has 7 atom stereocenters. The van der Waals surface area contributed by atoms with Crippen molar-refractivity contribution in [1.29, 1.82) is 0 Å². The molecule has 65 heavy (non-hydrogen) atoms. The number of urea groups is 1. The Kier molecular flexibility index (Phi) is 25.3. The van der Waals surface area contributed by atoms with E-state index in [1.807, 2.05) is 6.26 Å². The number of nitrogens with one attached hydrogen (secondary N) is 8. The van der Waals surface area contributed by atoms with Crippen LogP contribution in [-0.2, 0) is 43.2 Å². The maximum atomic E-state index is 14.2. The van der Waals surface area contributed by atoms with Crippen molar-refractivity contribution in [2.24, 2.45) is 33.8 Å². The minimum absolute atomic E-state index is 0.00878. The van der Waals surface area contributed by atoms with Gasteiger partial charge in [0, 0.05) is 38.1 Å². The van der Waals surface area contributed by atoms with Gasteiger partial charge < -0.3 is 70.4 Å². The Bertz CT molecular complexity index is 1720. The largest absolute Gasteiger partial charge is 0.370 e. The van der Waals surface area contributed by atoms with Gasteiger partial charge in [0.25, 0.3) is 0 Å². The molecular formula is C38H66N14O10S3. The zero-order chi connectivity index (χ0) is 48.6. The van der Waals surface area contributed by atoms with E-state index >= 15 is 0 Å². The molecule has 0 aliphatic carbocycles. The number of carbonyl (C=O) groups excluding carboxylic acids is 10. The molecular weight excluding hydrogens is 909 g/mol. The fourth-order valence-corrected chi connectivity index (χ4v) is 9.55. The van der Waals surface area contributed by atoms with E-state index in [0.29, 0.717) is 12.2 Å². The molecule has 2 heterocycles. The minimum Gasteiger partial charge on any atom is -0.370 e. The molecule has 0 unspecified atom stereocenters. The van der Waals surface area contributed by atoms with Gasteiger partial charge in [-0.05, 0) is 69.3 Å². The highest BCUT2D eigenvalue weighted by Crippen LogP contribution is 2.24. The van der Waals surface area contributed by atoms with E-state index in [1.165, 1.54) is 23.6 Å². The first-order valence-corrected chi connectivity index (χ1v) is 25.1. The summed E-state index contributed by atoms with van der Waals surface area (Å²) in [6, 6.07) is -9.08. The third kappa shape index (κ3) is 21.1. The summed E-state index contributed by atoms with van der Waals surface area (Å²) in [6.45, 7) is 4.50. The van der Waals surface area contributed by atoms with Crippen molar-refractivity contribution < 1.29 is 47.9 Å². The molecule has 0 spiro atoms. The number of guanidine groups is 1. The van der Waals surface area contributed by atoms with Crippen molar-refractivity contribution in [2.75, 3.05) is 49.7 Å². The van der Waals surface area contributed by atoms with Crippen molar-refractivity contribution in [1.82, 2.24) is 47.4 Å². The number of nitrogens with two attached hydrogens (primary N) is 4. The van der Waals surface area contributed by atoms with Crippen LogP contribution in [0.4, 0.5) is 4.79 Å². The summed E-state index contributed by atoms with van der Waals surface area (Å²) in [4.78, 5) is 138.